The number of aromatic hydroxyl groups is 1. The molecule has 0 aromatic heterocycles. The average molecular weight is 424 g/mol. The Kier molecular flexibility index (Phi) is 6.97. The minimum Gasteiger partial charge on any atom is -0.508 e. The van der Waals surface area contributed by atoms with E-state index in [0.29, 0.717) is 36.6 Å². The van der Waals surface area contributed by atoms with Crippen LogP contribution in [0.5, 0.6) is 11.5 Å². The molecule has 1 heterocycles. The lowest BCUT2D eigenvalue weighted by molar-refractivity contribution is -0.140. The van der Waals surface area contributed by atoms with Crippen molar-refractivity contribution in [1.29, 1.82) is 0 Å². The number of aliphatic hydroxyl groups is 1. The quantitative estimate of drug-likeness (QED) is 0.384. The molecular weight excluding hydrogens is 396 g/mol. The summed E-state index contributed by atoms with van der Waals surface area (Å²) >= 11 is 0. The molecule has 2 N–H and O–H groups in total. The van der Waals surface area contributed by atoms with Crippen LogP contribution < -0.4 is 4.74 Å². The van der Waals surface area contributed by atoms with Crippen molar-refractivity contribution in [2.75, 3.05) is 33.8 Å². The molecule has 0 spiro atoms. The van der Waals surface area contributed by atoms with E-state index in [-0.39, 0.29) is 17.1 Å². The van der Waals surface area contributed by atoms with Gasteiger partial charge in [-0.15, -0.1) is 0 Å². The highest BCUT2D eigenvalue weighted by molar-refractivity contribution is 6.46. The second-order valence-electron chi connectivity index (χ2n) is 7.76. The number of ether oxygens (including phenoxy) is 1. The Hall–Kier alpha value is -3.32. The number of Topliss-reactive ketones (excluding diaryl/α,β-unsaturated/α-hetero) is 1. The summed E-state index contributed by atoms with van der Waals surface area (Å²) in [5.74, 6) is -0.973. The second-order valence-corrected chi connectivity index (χ2v) is 7.76. The summed E-state index contributed by atoms with van der Waals surface area (Å²) in [6, 6.07) is 12.4. The van der Waals surface area contributed by atoms with Gasteiger partial charge in [0.05, 0.1) is 18.2 Å². The van der Waals surface area contributed by atoms with Gasteiger partial charge in [-0.1, -0.05) is 19.1 Å². The van der Waals surface area contributed by atoms with Crippen LogP contribution in [0.4, 0.5) is 0 Å². The number of likely N-dealkylation sites (tertiary alicyclic amines) is 1. The number of phenols is 1. The molecule has 0 bridgehead atoms. The zero-order valence-electron chi connectivity index (χ0n) is 18.0. The SMILES string of the molecule is CCCOc1ccc(/C(O)=C2/C(=O)C(=O)N(CCN(C)C)C2c2cccc(O)c2)cc1. The molecule has 3 rings (SSSR count). The highest BCUT2D eigenvalue weighted by atomic mass is 16.5. The number of carbonyl (C=O) groups is 2. The van der Waals surface area contributed by atoms with E-state index in [1.807, 2.05) is 25.9 Å². The second kappa shape index (κ2) is 9.66. The number of nitrogens with zero attached hydrogens (tertiary/aromatic N) is 2. The van der Waals surface area contributed by atoms with Crippen molar-refractivity contribution in [2.45, 2.75) is 19.4 Å². The third kappa shape index (κ3) is 4.88. The van der Waals surface area contributed by atoms with E-state index < -0.39 is 17.7 Å². The third-order valence-electron chi connectivity index (χ3n) is 5.11. The molecule has 1 aliphatic rings. The van der Waals surface area contributed by atoms with Crippen LogP contribution in [-0.4, -0.2) is 65.5 Å². The monoisotopic (exact) mass is 424 g/mol. The topological polar surface area (TPSA) is 90.3 Å². The summed E-state index contributed by atoms with van der Waals surface area (Å²) in [5, 5.41) is 21.0. The van der Waals surface area contributed by atoms with Crippen molar-refractivity contribution in [1.82, 2.24) is 9.80 Å². The molecule has 7 nitrogen and oxygen atoms in total. The lowest BCUT2D eigenvalue weighted by Gasteiger charge is -2.26. The third-order valence-corrected chi connectivity index (χ3v) is 5.11. The minimum atomic E-state index is -0.789. The van der Waals surface area contributed by atoms with Crippen LogP contribution >= 0.6 is 0 Å². The molecule has 7 heteroatoms. The fourth-order valence-corrected chi connectivity index (χ4v) is 3.54. The Morgan fingerprint density at radius 2 is 1.84 bits per heavy atom. The van der Waals surface area contributed by atoms with Gasteiger partial charge in [-0.25, -0.2) is 0 Å². The van der Waals surface area contributed by atoms with Gasteiger partial charge in [0.15, 0.2) is 0 Å². The van der Waals surface area contributed by atoms with Gasteiger partial charge in [0, 0.05) is 18.7 Å². The Morgan fingerprint density at radius 1 is 1.13 bits per heavy atom. The smallest absolute Gasteiger partial charge is 0.295 e. The maximum absolute atomic E-state index is 12.9. The van der Waals surface area contributed by atoms with Gasteiger partial charge in [0.25, 0.3) is 11.7 Å². The van der Waals surface area contributed by atoms with Crippen LogP contribution in [0.2, 0.25) is 0 Å². The Bertz CT molecular complexity index is 982. The first-order valence-corrected chi connectivity index (χ1v) is 10.3. The molecular formula is C24H28N2O5. The average Bonchev–Trinajstić information content (AvgIpc) is 3.01. The van der Waals surface area contributed by atoms with Crippen molar-refractivity contribution in [3.63, 3.8) is 0 Å². The summed E-state index contributed by atoms with van der Waals surface area (Å²) in [4.78, 5) is 29.1. The van der Waals surface area contributed by atoms with Crippen LogP contribution in [0.1, 0.15) is 30.5 Å². The van der Waals surface area contributed by atoms with Gasteiger partial charge in [-0.2, -0.15) is 0 Å². The molecule has 1 unspecified atom stereocenters. The zero-order chi connectivity index (χ0) is 22.5. The highest BCUT2D eigenvalue weighted by Crippen LogP contribution is 2.40. The minimum absolute atomic E-state index is 0.0107. The van der Waals surface area contributed by atoms with Crippen molar-refractivity contribution in [2.24, 2.45) is 0 Å². The van der Waals surface area contributed by atoms with Crippen LogP contribution in [0.25, 0.3) is 5.76 Å². The van der Waals surface area contributed by atoms with Gasteiger partial charge in [-0.05, 0) is 62.5 Å². The maximum atomic E-state index is 12.9. The number of phenolic OH excluding ortho intramolecular Hbond substituents is 1. The van der Waals surface area contributed by atoms with Crippen LogP contribution in [-0.2, 0) is 9.59 Å². The van der Waals surface area contributed by atoms with E-state index in [1.54, 1.807) is 36.4 Å². The number of ketones is 1. The maximum Gasteiger partial charge on any atom is 0.295 e. The number of amides is 1. The van der Waals surface area contributed by atoms with Crippen molar-refractivity contribution < 1.29 is 24.5 Å². The Labute approximate surface area is 182 Å². The van der Waals surface area contributed by atoms with E-state index in [0.717, 1.165) is 6.42 Å². The first-order valence-electron chi connectivity index (χ1n) is 10.3. The molecule has 1 aliphatic heterocycles. The number of likely N-dealkylation sites (N-methyl/N-ethyl adjacent to an activating group) is 1. The number of aliphatic hydroxyl groups excluding tert-OH is 1. The van der Waals surface area contributed by atoms with Crippen LogP contribution in [0.3, 0.4) is 0 Å². The fraction of sp³-hybridized carbons (Fsp3) is 0.333. The molecule has 0 saturated carbocycles. The normalized spacial score (nSPS) is 18.1. The summed E-state index contributed by atoms with van der Waals surface area (Å²) in [6.45, 7) is 3.45. The first kappa shape index (κ1) is 22.4. The van der Waals surface area contributed by atoms with Gasteiger partial charge in [-0.3, -0.25) is 9.59 Å². The lowest BCUT2D eigenvalue weighted by Crippen LogP contribution is -2.35. The molecule has 0 radical (unpaired) electrons. The lowest BCUT2D eigenvalue weighted by atomic mass is 9.95. The van der Waals surface area contributed by atoms with Gasteiger partial charge >= 0.3 is 0 Å². The number of benzene rings is 2. The predicted octanol–water partition coefficient (Wildman–Crippen LogP) is 3.16. The van der Waals surface area contributed by atoms with E-state index in [1.165, 1.54) is 17.0 Å². The molecule has 164 valence electrons. The van der Waals surface area contributed by atoms with E-state index in [9.17, 15) is 19.8 Å². The molecule has 1 atom stereocenters. The fourth-order valence-electron chi connectivity index (χ4n) is 3.54. The number of carbonyl (C=O) groups excluding carboxylic acids is 2. The first-order chi connectivity index (χ1) is 14.8. The summed E-state index contributed by atoms with van der Waals surface area (Å²) < 4.78 is 5.57. The van der Waals surface area contributed by atoms with Crippen LogP contribution in [0, 0.1) is 0 Å². The largest absolute Gasteiger partial charge is 0.508 e. The van der Waals surface area contributed by atoms with E-state index >= 15 is 0 Å². The zero-order valence-corrected chi connectivity index (χ0v) is 18.0. The van der Waals surface area contributed by atoms with Crippen molar-refractivity contribution in [3.8, 4) is 11.5 Å². The molecule has 0 aliphatic carbocycles. The van der Waals surface area contributed by atoms with E-state index in [2.05, 4.69) is 0 Å². The van der Waals surface area contributed by atoms with E-state index in [4.69, 9.17) is 4.74 Å². The number of hydrogen-bond acceptors (Lipinski definition) is 6. The molecule has 1 fully saturated rings. The Balaban J connectivity index is 2.06. The molecule has 1 amide bonds. The number of hydrogen-bond donors (Lipinski definition) is 2. The molecule has 31 heavy (non-hydrogen) atoms. The molecule has 2 aromatic rings. The summed E-state index contributed by atoms with van der Waals surface area (Å²) in [5.41, 5.74) is 0.985. The molecule has 2 aromatic carbocycles. The van der Waals surface area contributed by atoms with Gasteiger partial charge in [0.2, 0.25) is 0 Å². The summed E-state index contributed by atoms with van der Waals surface area (Å²) in [6.07, 6.45) is 0.877. The standard InChI is InChI=1S/C24H28N2O5/c1-4-14-31-19-10-8-16(9-11-19)22(28)20-21(17-6-5-7-18(27)15-17)26(13-12-25(2)3)24(30)23(20)29/h5-11,15,21,27-28H,4,12-14H2,1-3H3/b22-20-. The predicted molar refractivity (Wildman–Crippen MR) is 118 cm³/mol. The van der Waals surface area contributed by atoms with Crippen molar-refractivity contribution in [3.05, 3.63) is 65.2 Å². The highest BCUT2D eigenvalue weighted by Gasteiger charge is 2.45. The van der Waals surface area contributed by atoms with Gasteiger partial charge in [0.1, 0.15) is 17.3 Å². The van der Waals surface area contributed by atoms with Gasteiger partial charge < -0.3 is 24.7 Å². The van der Waals surface area contributed by atoms with Crippen molar-refractivity contribution >= 4 is 17.4 Å². The van der Waals surface area contributed by atoms with Crippen LogP contribution in [0.15, 0.2) is 54.1 Å². The Morgan fingerprint density at radius 3 is 2.45 bits per heavy atom. The molecule has 1 saturated heterocycles. The number of rotatable bonds is 8. The summed E-state index contributed by atoms with van der Waals surface area (Å²) in [7, 11) is 3.75.